The third-order valence-corrected chi connectivity index (χ3v) is 5.78. The highest BCUT2D eigenvalue weighted by atomic mass is 127. The molecule has 1 saturated heterocycles. The van der Waals surface area contributed by atoms with E-state index < -0.39 is 0 Å². The lowest BCUT2D eigenvalue weighted by Crippen LogP contribution is -2.42. The first-order chi connectivity index (χ1) is 7.60. The highest BCUT2D eigenvalue weighted by Gasteiger charge is 2.35. The molecule has 2 unspecified atom stereocenters. The van der Waals surface area contributed by atoms with Crippen molar-refractivity contribution in [3.05, 3.63) is 33.4 Å². The zero-order valence-corrected chi connectivity index (χ0v) is 12.6. The van der Waals surface area contributed by atoms with Crippen molar-refractivity contribution in [3.8, 4) is 0 Å². The minimum Gasteiger partial charge on any atom is -0.326 e. The summed E-state index contributed by atoms with van der Waals surface area (Å²) in [6.45, 7) is 2.32. The average molecular weight is 347 g/mol. The van der Waals surface area contributed by atoms with Crippen molar-refractivity contribution in [1.82, 2.24) is 0 Å². The summed E-state index contributed by atoms with van der Waals surface area (Å²) in [6.07, 6.45) is 3.59. The van der Waals surface area contributed by atoms with E-state index in [1.54, 1.807) is 0 Å². The van der Waals surface area contributed by atoms with Gasteiger partial charge in [0.25, 0.3) is 0 Å². The molecular formula is C13H18INS. The minimum atomic E-state index is 0.278. The van der Waals surface area contributed by atoms with Gasteiger partial charge in [-0.25, -0.2) is 0 Å². The Labute approximate surface area is 116 Å². The van der Waals surface area contributed by atoms with E-state index in [9.17, 15) is 0 Å². The molecule has 2 N–H and O–H groups in total. The maximum atomic E-state index is 6.36. The van der Waals surface area contributed by atoms with Crippen molar-refractivity contribution in [3.63, 3.8) is 0 Å². The van der Waals surface area contributed by atoms with Gasteiger partial charge in [0.15, 0.2) is 0 Å². The Hall–Kier alpha value is 0.260. The number of nitrogens with two attached hydrogens (primary N) is 1. The molecule has 1 fully saturated rings. The van der Waals surface area contributed by atoms with Gasteiger partial charge in [-0.15, -0.1) is 0 Å². The Morgan fingerprint density at radius 3 is 2.69 bits per heavy atom. The van der Waals surface area contributed by atoms with Crippen LogP contribution in [0.25, 0.3) is 0 Å². The van der Waals surface area contributed by atoms with Crippen LogP contribution in [-0.4, -0.2) is 16.5 Å². The lowest BCUT2D eigenvalue weighted by atomic mass is 9.92. The molecule has 3 heteroatoms. The molecule has 16 heavy (non-hydrogen) atoms. The molecule has 2 rings (SSSR count). The van der Waals surface area contributed by atoms with E-state index >= 15 is 0 Å². The number of rotatable bonds is 3. The minimum absolute atomic E-state index is 0.278. The summed E-state index contributed by atoms with van der Waals surface area (Å²) in [7, 11) is 0. The van der Waals surface area contributed by atoms with Crippen molar-refractivity contribution >= 4 is 34.4 Å². The van der Waals surface area contributed by atoms with Crippen LogP contribution >= 0.6 is 34.4 Å². The van der Waals surface area contributed by atoms with Gasteiger partial charge in [0, 0.05) is 14.4 Å². The van der Waals surface area contributed by atoms with Crippen LogP contribution in [0.1, 0.15) is 25.3 Å². The Morgan fingerprint density at radius 2 is 2.12 bits per heavy atom. The molecule has 1 aromatic rings. The molecule has 1 aliphatic heterocycles. The molecule has 1 nitrogen and oxygen atoms in total. The zero-order chi connectivity index (χ0) is 11.6. The van der Waals surface area contributed by atoms with Crippen molar-refractivity contribution < 1.29 is 0 Å². The quantitative estimate of drug-likeness (QED) is 0.848. The predicted octanol–water partition coefficient (Wildman–Crippen LogP) is 3.45. The Balaban J connectivity index is 2.01. The van der Waals surface area contributed by atoms with Gasteiger partial charge in [-0.2, -0.15) is 11.8 Å². The van der Waals surface area contributed by atoms with Crippen LogP contribution in [0.2, 0.25) is 0 Å². The van der Waals surface area contributed by atoms with E-state index in [2.05, 4.69) is 53.8 Å². The summed E-state index contributed by atoms with van der Waals surface area (Å²) in [5.74, 6) is 1.27. The maximum absolute atomic E-state index is 6.36. The summed E-state index contributed by atoms with van der Waals surface area (Å²) in [6, 6.07) is 8.99. The molecule has 2 atom stereocenters. The van der Waals surface area contributed by atoms with Gasteiger partial charge in [0.1, 0.15) is 0 Å². The number of hydrogen-bond acceptors (Lipinski definition) is 2. The van der Waals surface area contributed by atoms with Crippen LogP contribution in [-0.2, 0) is 6.42 Å². The Morgan fingerprint density at radius 1 is 1.44 bits per heavy atom. The average Bonchev–Trinajstić information content (AvgIpc) is 2.70. The van der Waals surface area contributed by atoms with Gasteiger partial charge in [-0.1, -0.05) is 12.1 Å². The predicted molar refractivity (Wildman–Crippen MR) is 80.9 cm³/mol. The van der Waals surface area contributed by atoms with Crippen LogP contribution in [0, 0.1) is 3.57 Å². The SMILES string of the molecule is CC1(C(N)Cc2ccc(I)cc2)CCCS1. The van der Waals surface area contributed by atoms with Crippen molar-refractivity contribution in [2.45, 2.75) is 37.0 Å². The number of halogens is 1. The molecule has 88 valence electrons. The summed E-state index contributed by atoms with van der Waals surface area (Å²) < 4.78 is 1.58. The fraction of sp³-hybridized carbons (Fsp3) is 0.538. The topological polar surface area (TPSA) is 26.0 Å². The normalized spacial score (nSPS) is 26.9. The van der Waals surface area contributed by atoms with Crippen molar-refractivity contribution in [1.29, 1.82) is 0 Å². The molecule has 0 radical (unpaired) electrons. The maximum Gasteiger partial charge on any atom is 0.0286 e. The first-order valence-corrected chi connectivity index (χ1v) is 7.80. The van der Waals surface area contributed by atoms with E-state index in [4.69, 9.17) is 5.73 Å². The van der Waals surface area contributed by atoms with Crippen LogP contribution in [0.3, 0.4) is 0 Å². The van der Waals surface area contributed by atoms with Crippen LogP contribution < -0.4 is 5.73 Å². The summed E-state index contributed by atoms with van der Waals surface area (Å²) in [5, 5.41) is 0. The smallest absolute Gasteiger partial charge is 0.0286 e. The van der Waals surface area contributed by atoms with Gasteiger partial charge < -0.3 is 5.73 Å². The lowest BCUT2D eigenvalue weighted by Gasteiger charge is -2.30. The molecule has 0 bridgehead atoms. The third kappa shape index (κ3) is 2.93. The number of hydrogen-bond donors (Lipinski definition) is 1. The van der Waals surface area contributed by atoms with Gasteiger partial charge in [0.2, 0.25) is 0 Å². The molecule has 0 aromatic heterocycles. The second-order valence-electron chi connectivity index (χ2n) is 4.70. The molecule has 1 aliphatic rings. The van der Waals surface area contributed by atoms with Gasteiger partial charge in [0.05, 0.1) is 0 Å². The molecule has 0 amide bonds. The van der Waals surface area contributed by atoms with E-state index in [1.807, 2.05) is 11.8 Å². The van der Waals surface area contributed by atoms with Gasteiger partial charge in [-0.3, -0.25) is 0 Å². The van der Waals surface area contributed by atoms with E-state index in [0.717, 1.165) is 6.42 Å². The summed E-state index contributed by atoms with van der Waals surface area (Å²) >= 11 is 4.38. The van der Waals surface area contributed by atoms with Crippen molar-refractivity contribution in [2.75, 3.05) is 5.75 Å². The first-order valence-electron chi connectivity index (χ1n) is 5.74. The van der Waals surface area contributed by atoms with Gasteiger partial charge >= 0.3 is 0 Å². The fourth-order valence-electron chi connectivity index (χ4n) is 2.18. The molecule has 0 spiro atoms. The standard InChI is InChI=1S/C13H18INS/c1-13(7-2-8-16-13)12(15)9-10-3-5-11(14)6-4-10/h3-6,12H,2,7-9,15H2,1H3. The largest absolute Gasteiger partial charge is 0.326 e. The molecule has 0 aliphatic carbocycles. The van der Waals surface area contributed by atoms with Crippen LogP contribution in [0.4, 0.5) is 0 Å². The molecular weight excluding hydrogens is 329 g/mol. The molecule has 1 heterocycles. The molecule has 0 saturated carbocycles. The third-order valence-electron chi connectivity index (χ3n) is 3.40. The lowest BCUT2D eigenvalue weighted by molar-refractivity contribution is 0.482. The second-order valence-corrected chi connectivity index (χ2v) is 7.58. The zero-order valence-electron chi connectivity index (χ0n) is 9.58. The summed E-state index contributed by atoms with van der Waals surface area (Å²) in [4.78, 5) is 0. The van der Waals surface area contributed by atoms with E-state index in [1.165, 1.54) is 27.7 Å². The first kappa shape index (κ1) is 12.7. The highest BCUT2D eigenvalue weighted by molar-refractivity contribution is 14.1. The van der Waals surface area contributed by atoms with Crippen LogP contribution in [0.5, 0.6) is 0 Å². The van der Waals surface area contributed by atoms with Gasteiger partial charge in [-0.05, 0) is 72.2 Å². The fourth-order valence-corrected chi connectivity index (χ4v) is 3.88. The van der Waals surface area contributed by atoms with E-state index in [0.29, 0.717) is 4.75 Å². The monoisotopic (exact) mass is 347 g/mol. The summed E-state index contributed by atoms with van der Waals surface area (Å²) in [5.41, 5.74) is 7.72. The second kappa shape index (κ2) is 5.27. The number of benzene rings is 1. The highest BCUT2D eigenvalue weighted by Crippen LogP contribution is 2.40. The van der Waals surface area contributed by atoms with Crippen LogP contribution in [0.15, 0.2) is 24.3 Å². The number of thioether (sulfide) groups is 1. The van der Waals surface area contributed by atoms with Crippen molar-refractivity contribution in [2.24, 2.45) is 5.73 Å². The molecule has 1 aromatic carbocycles. The Bertz CT molecular complexity index is 343. The Kier molecular flexibility index (Phi) is 4.19. The van der Waals surface area contributed by atoms with E-state index in [-0.39, 0.29) is 6.04 Å².